The molecule has 1 rings (SSSR count). The quantitative estimate of drug-likeness (QED) is 0.592. The fraction of sp³-hybridized carbons (Fsp3) is 0.600. The molecular formula is C10H18N2O2. The van der Waals surface area contributed by atoms with Crippen LogP contribution in [0.3, 0.4) is 0 Å². The Bertz CT molecular complexity index is 254. The van der Waals surface area contributed by atoms with E-state index in [1.54, 1.807) is 0 Å². The van der Waals surface area contributed by atoms with Gasteiger partial charge in [-0.1, -0.05) is 13.8 Å². The second-order valence-electron chi connectivity index (χ2n) is 2.89. The summed E-state index contributed by atoms with van der Waals surface area (Å²) in [4.78, 5) is 10.4. The predicted molar refractivity (Wildman–Crippen MR) is 56.4 cm³/mol. The van der Waals surface area contributed by atoms with Crippen LogP contribution < -0.4 is 5.73 Å². The average molecular weight is 198 g/mol. The maximum absolute atomic E-state index is 10.4. The highest BCUT2D eigenvalue weighted by Gasteiger charge is 2.18. The van der Waals surface area contributed by atoms with Gasteiger partial charge in [0, 0.05) is 11.3 Å². The molecule has 1 aliphatic rings. The van der Waals surface area contributed by atoms with Crippen molar-refractivity contribution < 1.29 is 9.90 Å². The molecule has 0 aliphatic heterocycles. The highest BCUT2D eigenvalue weighted by Crippen LogP contribution is 2.21. The Morgan fingerprint density at radius 1 is 1.36 bits per heavy atom. The lowest BCUT2D eigenvalue weighted by Crippen LogP contribution is -2.20. The van der Waals surface area contributed by atoms with E-state index < -0.39 is 5.97 Å². The van der Waals surface area contributed by atoms with E-state index in [0.717, 1.165) is 19.3 Å². The molecule has 4 N–H and O–H groups in total. The fourth-order valence-electron chi connectivity index (χ4n) is 1.34. The van der Waals surface area contributed by atoms with Crippen molar-refractivity contribution in [3.8, 4) is 0 Å². The van der Waals surface area contributed by atoms with Crippen molar-refractivity contribution >= 4 is 11.7 Å². The van der Waals surface area contributed by atoms with Crippen molar-refractivity contribution in [2.24, 2.45) is 5.73 Å². The largest absolute Gasteiger partial charge is 0.477 e. The summed E-state index contributed by atoms with van der Waals surface area (Å²) < 4.78 is 0. The van der Waals surface area contributed by atoms with Crippen LogP contribution in [0.25, 0.3) is 0 Å². The smallest absolute Gasteiger partial charge is 0.354 e. The van der Waals surface area contributed by atoms with E-state index in [1.807, 2.05) is 13.8 Å². The van der Waals surface area contributed by atoms with Crippen LogP contribution >= 0.6 is 0 Å². The highest BCUT2D eigenvalue weighted by atomic mass is 16.4. The first-order valence-corrected chi connectivity index (χ1v) is 4.92. The molecule has 0 radical (unpaired) electrons. The third-order valence-corrected chi connectivity index (χ3v) is 2.03. The first kappa shape index (κ1) is 12.7. The van der Waals surface area contributed by atoms with E-state index in [1.165, 1.54) is 0 Å². The second kappa shape index (κ2) is 6.18. The first-order chi connectivity index (χ1) is 6.63. The Kier molecular flexibility index (Phi) is 5.60. The minimum absolute atomic E-state index is 0.341. The molecule has 0 fully saturated rings. The molecule has 0 aromatic heterocycles. The van der Waals surface area contributed by atoms with E-state index in [-0.39, 0.29) is 5.71 Å². The summed E-state index contributed by atoms with van der Waals surface area (Å²) in [6, 6.07) is 0. The summed E-state index contributed by atoms with van der Waals surface area (Å²) >= 11 is 0. The Labute approximate surface area is 84.3 Å². The second-order valence-corrected chi connectivity index (χ2v) is 2.89. The van der Waals surface area contributed by atoms with E-state index in [2.05, 4.69) is 0 Å². The van der Waals surface area contributed by atoms with Gasteiger partial charge in [0.25, 0.3) is 0 Å². The lowest BCUT2D eigenvalue weighted by atomic mass is 9.93. The summed E-state index contributed by atoms with van der Waals surface area (Å²) in [5.74, 6) is -1.19. The third-order valence-electron chi connectivity index (χ3n) is 2.03. The molecule has 4 nitrogen and oxygen atoms in total. The molecule has 0 amide bonds. The van der Waals surface area contributed by atoms with Gasteiger partial charge in [0.2, 0.25) is 0 Å². The summed E-state index contributed by atoms with van der Waals surface area (Å²) in [7, 11) is 0. The zero-order valence-corrected chi connectivity index (χ0v) is 8.76. The van der Waals surface area contributed by atoms with Gasteiger partial charge in [-0.05, 0) is 25.7 Å². The number of hydrogen-bond acceptors (Lipinski definition) is 3. The molecule has 4 heteroatoms. The zero-order valence-electron chi connectivity index (χ0n) is 8.76. The SMILES string of the molecule is CC.N=C(C(=O)O)C1=C(N)CCCC1. The Balaban J connectivity index is 0.000000791. The van der Waals surface area contributed by atoms with Crippen molar-refractivity contribution in [1.29, 1.82) is 5.41 Å². The van der Waals surface area contributed by atoms with Gasteiger partial charge in [-0.25, -0.2) is 4.79 Å². The van der Waals surface area contributed by atoms with Crippen LogP contribution in [0.5, 0.6) is 0 Å². The Morgan fingerprint density at radius 2 is 1.86 bits per heavy atom. The summed E-state index contributed by atoms with van der Waals surface area (Å²) in [5, 5.41) is 15.8. The van der Waals surface area contributed by atoms with E-state index in [0.29, 0.717) is 17.7 Å². The molecule has 14 heavy (non-hydrogen) atoms. The molecule has 0 saturated heterocycles. The normalized spacial score (nSPS) is 15.6. The summed E-state index contributed by atoms with van der Waals surface area (Å²) in [5.41, 5.74) is 6.35. The van der Waals surface area contributed by atoms with Gasteiger partial charge in [0.1, 0.15) is 5.71 Å². The van der Waals surface area contributed by atoms with Crippen LogP contribution in [0, 0.1) is 5.41 Å². The molecule has 0 aromatic rings. The molecule has 0 atom stereocenters. The van der Waals surface area contributed by atoms with Crippen molar-refractivity contribution in [2.45, 2.75) is 39.5 Å². The van der Waals surface area contributed by atoms with Crippen LogP contribution in [-0.4, -0.2) is 16.8 Å². The monoisotopic (exact) mass is 198 g/mol. The molecule has 1 aliphatic carbocycles. The van der Waals surface area contributed by atoms with Crippen molar-refractivity contribution in [3.63, 3.8) is 0 Å². The topological polar surface area (TPSA) is 87.2 Å². The molecule has 80 valence electrons. The molecular weight excluding hydrogens is 180 g/mol. The van der Waals surface area contributed by atoms with Crippen molar-refractivity contribution in [1.82, 2.24) is 0 Å². The number of carboxylic acid groups (broad SMARTS) is 1. The number of hydrogen-bond donors (Lipinski definition) is 3. The molecule has 0 heterocycles. The maximum Gasteiger partial charge on any atom is 0.354 e. The lowest BCUT2D eigenvalue weighted by molar-refractivity contribution is -0.129. The summed E-state index contributed by atoms with van der Waals surface area (Å²) in [6.07, 6.45) is 3.30. The minimum Gasteiger partial charge on any atom is -0.477 e. The van der Waals surface area contributed by atoms with Crippen LogP contribution in [0.1, 0.15) is 39.5 Å². The Morgan fingerprint density at radius 3 is 2.29 bits per heavy atom. The van der Waals surface area contributed by atoms with Gasteiger partial charge in [-0.15, -0.1) is 0 Å². The number of allylic oxidation sites excluding steroid dienone is 1. The first-order valence-electron chi connectivity index (χ1n) is 4.92. The van der Waals surface area contributed by atoms with Gasteiger partial charge >= 0.3 is 5.97 Å². The van der Waals surface area contributed by atoms with Crippen molar-refractivity contribution in [2.75, 3.05) is 0 Å². The van der Waals surface area contributed by atoms with Gasteiger partial charge in [0.05, 0.1) is 0 Å². The zero-order chi connectivity index (χ0) is 11.1. The average Bonchev–Trinajstić information content (AvgIpc) is 2.20. The Hall–Kier alpha value is -1.32. The fourth-order valence-corrected chi connectivity index (χ4v) is 1.34. The van der Waals surface area contributed by atoms with Gasteiger partial charge in [0.15, 0.2) is 0 Å². The number of rotatable bonds is 2. The van der Waals surface area contributed by atoms with Crippen LogP contribution in [-0.2, 0) is 4.79 Å². The highest BCUT2D eigenvalue weighted by molar-refractivity contribution is 6.41. The van der Waals surface area contributed by atoms with E-state index in [4.69, 9.17) is 16.2 Å². The van der Waals surface area contributed by atoms with Crippen LogP contribution in [0.2, 0.25) is 0 Å². The van der Waals surface area contributed by atoms with Crippen molar-refractivity contribution in [3.05, 3.63) is 11.3 Å². The standard InChI is InChI=1S/C8H12N2O2.C2H6/c9-6-4-2-1-3-5(6)7(10)8(11)12;1-2/h10H,1-4,9H2,(H,11,12);1-2H3. The van der Waals surface area contributed by atoms with Crippen LogP contribution in [0.4, 0.5) is 0 Å². The molecule has 0 unspecified atom stereocenters. The maximum atomic E-state index is 10.4. The molecule has 0 bridgehead atoms. The number of aliphatic carboxylic acids is 1. The number of nitrogens with one attached hydrogen (secondary N) is 1. The van der Waals surface area contributed by atoms with E-state index >= 15 is 0 Å². The molecule has 0 aromatic carbocycles. The molecule has 0 spiro atoms. The third kappa shape index (κ3) is 3.20. The summed E-state index contributed by atoms with van der Waals surface area (Å²) in [6.45, 7) is 4.00. The number of carbonyl (C=O) groups is 1. The predicted octanol–water partition coefficient (Wildman–Crippen LogP) is 1.90. The van der Waals surface area contributed by atoms with Gasteiger partial charge in [-0.2, -0.15) is 0 Å². The molecule has 0 saturated carbocycles. The van der Waals surface area contributed by atoms with Gasteiger partial charge in [-0.3, -0.25) is 5.41 Å². The van der Waals surface area contributed by atoms with Crippen LogP contribution in [0.15, 0.2) is 11.3 Å². The number of nitrogens with two attached hydrogens (primary N) is 1. The minimum atomic E-state index is -1.19. The van der Waals surface area contributed by atoms with E-state index in [9.17, 15) is 4.79 Å². The lowest BCUT2D eigenvalue weighted by Gasteiger charge is -2.15. The van der Waals surface area contributed by atoms with Gasteiger partial charge < -0.3 is 10.8 Å². The number of carboxylic acids is 1.